The van der Waals surface area contributed by atoms with E-state index in [0.29, 0.717) is 0 Å². The van der Waals surface area contributed by atoms with Crippen LogP contribution in [0.3, 0.4) is 0 Å². The Morgan fingerprint density at radius 2 is 1.76 bits per heavy atom. The molecular formula is C14H14ClNO. The van der Waals surface area contributed by atoms with Crippen LogP contribution in [0, 0.1) is 6.92 Å². The second-order valence-electron chi connectivity index (χ2n) is 3.81. The van der Waals surface area contributed by atoms with Gasteiger partial charge in [0.25, 0.3) is 0 Å². The zero-order chi connectivity index (χ0) is 12.3. The van der Waals surface area contributed by atoms with Gasteiger partial charge in [-0.05, 0) is 48.9 Å². The molecule has 3 heteroatoms. The molecule has 0 unspecified atom stereocenters. The average Bonchev–Trinajstić information content (AvgIpc) is 2.35. The lowest BCUT2D eigenvalue weighted by Gasteiger charge is -2.10. The number of hydrogen-bond donors (Lipinski definition) is 1. The molecule has 0 radical (unpaired) electrons. The van der Waals surface area contributed by atoms with Crippen LogP contribution in [0.2, 0.25) is 5.02 Å². The van der Waals surface area contributed by atoms with Crippen molar-refractivity contribution >= 4 is 23.0 Å². The van der Waals surface area contributed by atoms with E-state index in [9.17, 15) is 0 Å². The summed E-state index contributed by atoms with van der Waals surface area (Å²) in [5.41, 5.74) is 3.18. The number of nitrogens with one attached hydrogen (secondary N) is 1. The van der Waals surface area contributed by atoms with E-state index in [0.717, 1.165) is 27.7 Å². The second-order valence-corrected chi connectivity index (χ2v) is 4.25. The first kappa shape index (κ1) is 11.8. The fraction of sp³-hybridized carbons (Fsp3) is 0.143. The van der Waals surface area contributed by atoms with Crippen LogP contribution in [0.1, 0.15) is 5.56 Å². The van der Waals surface area contributed by atoms with Crippen LogP contribution in [0.4, 0.5) is 11.4 Å². The Balaban J connectivity index is 2.22. The molecule has 0 atom stereocenters. The number of benzene rings is 2. The molecule has 0 aliphatic carbocycles. The molecule has 0 fully saturated rings. The maximum absolute atomic E-state index is 5.97. The predicted molar refractivity (Wildman–Crippen MR) is 72.5 cm³/mol. The van der Waals surface area contributed by atoms with Gasteiger partial charge >= 0.3 is 0 Å². The molecule has 0 saturated carbocycles. The largest absolute Gasteiger partial charge is 0.497 e. The normalized spacial score (nSPS) is 10.1. The molecule has 88 valence electrons. The van der Waals surface area contributed by atoms with Gasteiger partial charge in [-0.1, -0.05) is 17.7 Å². The first-order valence-electron chi connectivity index (χ1n) is 5.36. The number of hydrogen-bond acceptors (Lipinski definition) is 2. The van der Waals surface area contributed by atoms with Crippen LogP contribution >= 0.6 is 11.6 Å². The van der Waals surface area contributed by atoms with Gasteiger partial charge in [0.2, 0.25) is 0 Å². The van der Waals surface area contributed by atoms with Crippen LogP contribution in [-0.2, 0) is 0 Å². The van der Waals surface area contributed by atoms with E-state index in [-0.39, 0.29) is 0 Å². The van der Waals surface area contributed by atoms with E-state index in [2.05, 4.69) is 5.32 Å². The van der Waals surface area contributed by atoms with Gasteiger partial charge in [0.05, 0.1) is 7.11 Å². The number of methoxy groups -OCH3 is 1. The number of aryl methyl sites for hydroxylation is 1. The minimum atomic E-state index is 0.728. The van der Waals surface area contributed by atoms with Crippen molar-refractivity contribution < 1.29 is 4.74 Å². The van der Waals surface area contributed by atoms with Crippen LogP contribution < -0.4 is 10.1 Å². The summed E-state index contributed by atoms with van der Waals surface area (Å²) in [5, 5.41) is 4.05. The molecule has 0 aromatic heterocycles. The molecule has 0 amide bonds. The Labute approximate surface area is 106 Å². The summed E-state index contributed by atoms with van der Waals surface area (Å²) in [6.07, 6.45) is 0. The number of halogens is 1. The highest BCUT2D eigenvalue weighted by Crippen LogP contribution is 2.25. The van der Waals surface area contributed by atoms with Crippen molar-refractivity contribution in [1.82, 2.24) is 0 Å². The minimum absolute atomic E-state index is 0.728. The summed E-state index contributed by atoms with van der Waals surface area (Å²) in [6, 6.07) is 13.6. The van der Waals surface area contributed by atoms with E-state index >= 15 is 0 Å². The molecule has 0 bridgehead atoms. The number of ether oxygens (including phenoxy) is 1. The van der Waals surface area contributed by atoms with Crippen LogP contribution in [0.15, 0.2) is 42.5 Å². The first-order valence-corrected chi connectivity index (χ1v) is 5.74. The van der Waals surface area contributed by atoms with Crippen molar-refractivity contribution in [2.24, 2.45) is 0 Å². The quantitative estimate of drug-likeness (QED) is 0.868. The van der Waals surface area contributed by atoms with Crippen molar-refractivity contribution in [2.45, 2.75) is 6.92 Å². The number of anilines is 2. The Morgan fingerprint density at radius 3 is 2.41 bits per heavy atom. The summed E-state index contributed by atoms with van der Waals surface area (Å²) in [7, 11) is 1.66. The number of rotatable bonds is 3. The predicted octanol–water partition coefficient (Wildman–Crippen LogP) is 4.40. The zero-order valence-electron chi connectivity index (χ0n) is 9.83. The van der Waals surface area contributed by atoms with Crippen molar-refractivity contribution in [2.75, 3.05) is 12.4 Å². The first-order chi connectivity index (χ1) is 8.19. The summed E-state index contributed by atoms with van der Waals surface area (Å²) in [4.78, 5) is 0. The summed E-state index contributed by atoms with van der Waals surface area (Å²) in [5.74, 6) is 0.846. The van der Waals surface area contributed by atoms with Crippen molar-refractivity contribution in [1.29, 1.82) is 0 Å². The van der Waals surface area contributed by atoms with E-state index in [1.54, 1.807) is 7.11 Å². The summed E-state index contributed by atoms with van der Waals surface area (Å²) < 4.78 is 5.11. The van der Waals surface area contributed by atoms with Gasteiger partial charge in [-0.25, -0.2) is 0 Å². The van der Waals surface area contributed by atoms with E-state index in [1.165, 1.54) is 0 Å². The van der Waals surface area contributed by atoms with Crippen molar-refractivity contribution in [3.05, 3.63) is 53.1 Å². The van der Waals surface area contributed by atoms with E-state index in [1.807, 2.05) is 49.4 Å². The molecule has 2 nitrogen and oxygen atoms in total. The Kier molecular flexibility index (Phi) is 3.55. The maximum Gasteiger partial charge on any atom is 0.119 e. The van der Waals surface area contributed by atoms with E-state index in [4.69, 9.17) is 16.3 Å². The molecule has 0 heterocycles. The lowest BCUT2D eigenvalue weighted by atomic mass is 10.2. The molecule has 2 rings (SSSR count). The molecule has 0 spiro atoms. The van der Waals surface area contributed by atoms with Crippen molar-refractivity contribution in [3.8, 4) is 5.75 Å². The van der Waals surface area contributed by atoms with Crippen molar-refractivity contribution in [3.63, 3.8) is 0 Å². The summed E-state index contributed by atoms with van der Waals surface area (Å²) >= 11 is 5.97. The monoisotopic (exact) mass is 247 g/mol. The lowest BCUT2D eigenvalue weighted by molar-refractivity contribution is 0.415. The SMILES string of the molecule is COc1ccc(Nc2cc(Cl)ccc2C)cc1. The smallest absolute Gasteiger partial charge is 0.119 e. The van der Waals surface area contributed by atoms with Crippen LogP contribution in [0.5, 0.6) is 5.75 Å². The Hall–Kier alpha value is -1.67. The molecule has 2 aromatic rings. The lowest BCUT2D eigenvalue weighted by Crippen LogP contribution is -1.93. The van der Waals surface area contributed by atoms with Gasteiger partial charge in [0.1, 0.15) is 5.75 Å². The van der Waals surface area contributed by atoms with Crippen LogP contribution in [-0.4, -0.2) is 7.11 Å². The fourth-order valence-corrected chi connectivity index (χ4v) is 1.73. The van der Waals surface area contributed by atoms with E-state index < -0.39 is 0 Å². The van der Waals surface area contributed by atoms with Gasteiger partial charge in [-0.3, -0.25) is 0 Å². The van der Waals surface area contributed by atoms with Gasteiger partial charge in [0, 0.05) is 16.4 Å². The highest BCUT2D eigenvalue weighted by Gasteiger charge is 2.00. The van der Waals surface area contributed by atoms with Gasteiger partial charge in [-0.15, -0.1) is 0 Å². The molecule has 2 aromatic carbocycles. The molecule has 0 saturated heterocycles. The Bertz CT molecular complexity index is 508. The molecule has 0 aliphatic rings. The third-order valence-corrected chi connectivity index (χ3v) is 2.80. The highest BCUT2D eigenvalue weighted by atomic mass is 35.5. The topological polar surface area (TPSA) is 21.3 Å². The fourth-order valence-electron chi connectivity index (χ4n) is 1.56. The molecule has 17 heavy (non-hydrogen) atoms. The maximum atomic E-state index is 5.97. The van der Waals surface area contributed by atoms with Gasteiger partial charge in [-0.2, -0.15) is 0 Å². The Morgan fingerprint density at radius 1 is 1.06 bits per heavy atom. The van der Waals surface area contributed by atoms with Gasteiger partial charge < -0.3 is 10.1 Å². The average molecular weight is 248 g/mol. The molecule has 0 aliphatic heterocycles. The minimum Gasteiger partial charge on any atom is -0.497 e. The molecule has 1 N–H and O–H groups in total. The zero-order valence-corrected chi connectivity index (χ0v) is 10.6. The third kappa shape index (κ3) is 2.92. The van der Waals surface area contributed by atoms with Crippen LogP contribution in [0.25, 0.3) is 0 Å². The third-order valence-electron chi connectivity index (χ3n) is 2.57. The van der Waals surface area contributed by atoms with Gasteiger partial charge in [0.15, 0.2) is 0 Å². The second kappa shape index (κ2) is 5.11. The summed E-state index contributed by atoms with van der Waals surface area (Å²) in [6.45, 7) is 2.04. The standard InChI is InChI=1S/C14H14ClNO/c1-10-3-4-11(15)9-14(10)16-12-5-7-13(17-2)8-6-12/h3-9,16H,1-2H3. The molecular weight excluding hydrogens is 234 g/mol. The highest BCUT2D eigenvalue weighted by molar-refractivity contribution is 6.30.